The van der Waals surface area contributed by atoms with Crippen molar-refractivity contribution in [3.8, 4) is 11.5 Å². The number of non-ortho nitro benzene ring substituents is 1. The Hall–Kier alpha value is -3.52. The lowest BCUT2D eigenvalue weighted by atomic mass is 10.1. The minimum Gasteiger partial charge on any atom is -0.493 e. The molecule has 1 unspecified atom stereocenters. The number of nitro benzene ring substituents is 1. The Balaban J connectivity index is 1.63. The first-order valence-corrected chi connectivity index (χ1v) is 11.0. The number of carbonyl (C=O) groups excluding carboxylic acids is 1. The van der Waals surface area contributed by atoms with Crippen molar-refractivity contribution in [1.29, 1.82) is 0 Å². The van der Waals surface area contributed by atoms with Crippen LogP contribution in [0, 0.1) is 10.1 Å². The summed E-state index contributed by atoms with van der Waals surface area (Å²) >= 11 is 5.88. The van der Waals surface area contributed by atoms with E-state index in [1.807, 2.05) is 11.8 Å². The number of rotatable bonds is 7. The SMILES string of the molecule is C=CC1=C(C)N2C(=O)c3cc(OC)c(OCc4cc(CCl)cc([N+](=O)[O-])c4)cc3NCC2C1. The summed E-state index contributed by atoms with van der Waals surface area (Å²) in [6, 6.07) is 8.07. The van der Waals surface area contributed by atoms with Crippen LogP contribution in [0.5, 0.6) is 11.5 Å². The highest BCUT2D eigenvalue weighted by Gasteiger charge is 2.37. The number of methoxy groups -OCH3 is 1. The van der Waals surface area contributed by atoms with Crippen LogP contribution in [-0.4, -0.2) is 35.4 Å². The zero-order valence-corrected chi connectivity index (χ0v) is 19.1. The second-order valence-electron chi connectivity index (χ2n) is 7.96. The summed E-state index contributed by atoms with van der Waals surface area (Å²) in [5, 5.41) is 14.6. The molecule has 2 aliphatic rings. The Kier molecular flexibility index (Phi) is 6.29. The number of nitrogens with zero attached hydrogens (tertiary/aromatic N) is 2. The maximum absolute atomic E-state index is 13.4. The van der Waals surface area contributed by atoms with Crippen molar-refractivity contribution in [2.75, 3.05) is 19.0 Å². The molecule has 0 radical (unpaired) electrons. The standard InChI is InChI=1S/C24H24ClN3O5/c1-4-17-8-19-12-26-21-10-23(22(32-3)9-20(21)24(29)27(19)14(17)2)33-13-16-5-15(11-25)6-18(7-16)28(30)31/h4-7,9-10,19,26H,1,8,11-13H2,2-3H3. The third-order valence-corrected chi connectivity index (χ3v) is 6.28. The summed E-state index contributed by atoms with van der Waals surface area (Å²) in [7, 11) is 1.50. The molecule has 1 N–H and O–H groups in total. The smallest absolute Gasteiger partial charge is 0.270 e. The van der Waals surface area contributed by atoms with Crippen LogP contribution in [0.15, 0.2) is 54.3 Å². The number of nitrogens with one attached hydrogen (secondary N) is 1. The first kappa shape index (κ1) is 22.7. The van der Waals surface area contributed by atoms with Crippen LogP contribution in [0.2, 0.25) is 0 Å². The second kappa shape index (κ2) is 9.15. The van der Waals surface area contributed by atoms with Crippen molar-refractivity contribution < 1.29 is 19.2 Å². The van der Waals surface area contributed by atoms with Crippen molar-refractivity contribution in [1.82, 2.24) is 4.90 Å². The van der Waals surface area contributed by atoms with Gasteiger partial charge in [-0.05, 0) is 36.1 Å². The number of hydrogen-bond donors (Lipinski definition) is 1. The summed E-state index contributed by atoms with van der Waals surface area (Å²) in [6.07, 6.45) is 2.55. The lowest BCUT2D eigenvalue weighted by Crippen LogP contribution is -2.36. The van der Waals surface area contributed by atoms with E-state index in [1.165, 1.54) is 19.2 Å². The number of benzene rings is 2. The van der Waals surface area contributed by atoms with E-state index in [9.17, 15) is 14.9 Å². The zero-order chi connectivity index (χ0) is 23.7. The van der Waals surface area contributed by atoms with Crippen LogP contribution >= 0.6 is 11.6 Å². The van der Waals surface area contributed by atoms with Crippen LogP contribution < -0.4 is 14.8 Å². The number of carbonyl (C=O) groups is 1. The summed E-state index contributed by atoms with van der Waals surface area (Å²) in [5.41, 5.74) is 4.32. The molecule has 9 heteroatoms. The molecule has 0 bridgehead atoms. The van der Waals surface area contributed by atoms with Crippen molar-refractivity contribution in [3.63, 3.8) is 0 Å². The molecule has 0 aliphatic carbocycles. The van der Waals surface area contributed by atoms with Gasteiger partial charge < -0.3 is 19.7 Å². The predicted octanol–water partition coefficient (Wildman–Crippen LogP) is 5.02. The van der Waals surface area contributed by atoms with E-state index in [2.05, 4.69) is 11.9 Å². The molecule has 2 aromatic rings. The molecule has 2 heterocycles. The van der Waals surface area contributed by atoms with Crippen molar-refractivity contribution in [3.05, 3.63) is 81.1 Å². The second-order valence-corrected chi connectivity index (χ2v) is 8.23. The Labute approximate surface area is 196 Å². The van der Waals surface area contributed by atoms with Gasteiger partial charge in [0.1, 0.15) is 6.61 Å². The van der Waals surface area contributed by atoms with E-state index in [0.29, 0.717) is 40.4 Å². The van der Waals surface area contributed by atoms with E-state index in [-0.39, 0.29) is 30.1 Å². The molecule has 172 valence electrons. The number of nitro groups is 1. The molecule has 33 heavy (non-hydrogen) atoms. The van der Waals surface area contributed by atoms with E-state index in [1.54, 1.807) is 24.3 Å². The number of ether oxygens (including phenoxy) is 2. The topological polar surface area (TPSA) is 93.9 Å². The fourth-order valence-electron chi connectivity index (χ4n) is 4.32. The predicted molar refractivity (Wildman–Crippen MR) is 126 cm³/mol. The highest BCUT2D eigenvalue weighted by molar-refractivity contribution is 6.17. The molecule has 1 atom stereocenters. The maximum atomic E-state index is 13.4. The Morgan fingerprint density at radius 2 is 2.03 bits per heavy atom. The lowest BCUT2D eigenvalue weighted by Gasteiger charge is -2.23. The van der Waals surface area contributed by atoms with E-state index in [4.69, 9.17) is 21.1 Å². The van der Waals surface area contributed by atoms with Crippen molar-refractivity contribution >= 4 is 28.9 Å². The monoisotopic (exact) mass is 469 g/mol. The number of anilines is 1. The molecule has 0 aromatic heterocycles. The number of amides is 1. The molecular weight excluding hydrogens is 446 g/mol. The average Bonchev–Trinajstić information content (AvgIpc) is 3.08. The Bertz CT molecular complexity index is 1180. The van der Waals surface area contributed by atoms with Crippen LogP contribution in [0.4, 0.5) is 11.4 Å². The highest BCUT2D eigenvalue weighted by Crippen LogP contribution is 2.39. The van der Waals surface area contributed by atoms with Crippen LogP contribution in [0.25, 0.3) is 0 Å². The minimum atomic E-state index is -0.460. The van der Waals surface area contributed by atoms with Crippen LogP contribution in [0.1, 0.15) is 34.8 Å². The maximum Gasteiger partial charge on any atom is 0.270 e. The molecule has 0 spiro atoms. The third-order valence-electron chi connectivity index (χ3n) is 5.97. The van der Waals surface area contributed by atoms with Gasteiger partial charge in [0.05, 0.1) is 29.3 Å². The molecule has 1 amide bonds. The molecule has 0 saturated carbocycles. The number of alkyl halides is 1. The highest BCUT2D eigenvalue weighted by atomic mass is 35.5. The minimum absolute atomic E-state index is 0.00658. The van der Waals surface area contributed by atoms with Gasteiger partial charge in [-0.15, -0.1) is 11.6 Å². The molecule has 2 aliphatic heterocycles. The van der Waals surface area contributed by atoms with Gasteiger partial charge in [0, 0.05) is 36.3 Å². The van der Waals surface area contributed by atoms with Gasteiger partial charge in [-0.25, -0.2) is 0 Å². The molecular formula is C24H24ClN3O5. The number of allylic oxidation sites excluding steroid dienone is 2. The molecule has 8 nitrogen and oxygen atoms in total. The molecule has 0 fully saturated rings. The Morgan fingerprint density at radius 3 is 2.70 bits per heavy atom. The first-order chi connectivity index (χ1) is 15.9. The van der Waals surface area contributed by atoms with E-state index in [0.717, 1.165) is 17.7 Å². The average molecular weight is 470 g/mol. The lowest BCUT2D eigenvalue weighted by molar-refractivity contribution is -0.385. The van der Waals surface area contributed by atoms with Gasteiger partial charge in [-0.1, -0.05) is 18.7 Å². The fourth-order valence-corrected chi connectivity index (χ4v) is 4.47. The first-order valence-electron chi connectivity index (χ1n) is 10.4. The molecule has 0 saturated heterocycles. The van der Waals surface area contributed by atoms with E-state index < -0.39 is 4.92 Å². The van der Waals surface area contributed by atoms with Gasteiger partial charge in [-0.3, -0.25) is 14.9 Å². The van der Waals surface area contributed by atoms with Gasteiger partial charge in [-0.2, -0.15) is 0 Å². The third kappa shape index (κ3) is 4.26. The quantitative estimate of drug-likeness (QED) is 0.347. The van der Waals surface area contributed by atoms with Crippen molar-refractivity contribution in [2.24, 2.45) is 0 Å². The van der Waals surface area contributed by atoms with E-state index >= 15 is 0 Å². The molecule has 4 rings (SSSR count). The Morgan fingerprint density at radius 1 is 1.27 bits per heavy atom. The van der Waals surface area contributed by atoms with Gasteiger partial charge in [0.25, 0.3) is 11.6 Å². The van der Waals surface area contributed by atoms with Gasteiger partial charge in [0.2, 0.25) is 0 Å². The summed E-state index contributed by atoms with van der Waals surface area (Å²) in [6.45, 7) is 6.45. The van der Waals surface area contributed by atoms with Gasteiger partial charge in [0.15, 0.2) is 11.5 Å². The summed E-state index contributed by atoms with van der Waals surface area (Å²) in [5.74, 6) is 0.874. The summed E-state index contributed by atoms with van der Waals surface area (Å²) < 4.78 is 11.5. The number of halogens is 1. The molecule has 2 aromatic carbocycles. The number of hydrogen-bond acceptors (Lipinski definition) is 6. The normalized spacial score (nSPS) is 17.1. The number of fused-ring (bicyclic) bond motifs is 2. The van der Waals surface area contributed by atoms with Crippen molar-refractivity contribution in [2.45, 2.75) is 31.9 Å². The van der Waals surface area contributed by atoms with Gasteiger partial charge >= 0.3 is 0 Å². The zero-order valence-electron chi connectivity index (χ0n) is 18.4. The van der Waals surface area contributed by atoms with Crippen LogP contribution in [-0.2, 0) is 12.5 Å². The van der Waals surface area contributed by atoms with Crippen LogP contribution in [0.3, 0.4) is 0 Å². The fraction of sp³-hybridized carbons (Fsp3) is 0.292. The largest absolute Gasteiger partial charge is 0.493 e. The summed E-state index contributed by atoms with van der Waals surface area (Å²) in [4.78, 5) is 25.9.